The Hall–Kier alpha value is -1.76. The largest absolute Gasteiger partial charge is 0.299 e. The average molecular weight is 209 g/mol. The summed E-state index contributed by atoms with van der Waals surface area (Å²) in [7, 11) is 0. The number of nitrogens with zero attached hydrogens (tertiary/aromatic N) is 1. The van der Waals surface area contributed by atoms with Gasteiger partial charge < -0.3 is 0 Å². The number of aryl methyl sites for hydroxylation is 1. The zero-order chi connectivity index (χ0) is 11.3. The fourth-order valence-corrected chi connectivity index (χ4v) is 1.18. The Morgan fingerprint density at radius 3 is 2.73 bits per heavy atom. The van der Waals surface area contributed by atoms with Crippen molar-refractivity contribution in [1.29, 1.82) is 5.26 Å². The zero-order valence-electron chi connectivity index (χ0n) is 7.96. The lowest BCUT2D eigenvalue weighted by Crippen LogP contribution is -2.00. The number of ketones is 1. The molecule has 78 valence electrons. The number of benzene rings is 1. The number of rotatable bonds is 4. The summed E-state index contributed by atoms with van der Waals surface area (Å²) in [4.78, 5) is 11.0. The second-order valence-corrected chi connectivity index (χ2v) is 3.11. The van der Waals surface area contributed by atoms with Gasteiger partial charge in [0.25, 0.3) is 0 Å². The molecule has 0 spiro atoms. The molecule has 0 N–H and O–H groups in total. The molecule has 0 bridgehead atoms. The molecule has 0 aliphatic heterocycles. The van der Waals surface area contributed by atoms with Crippen LogP contribution in [-0.2, 0) is 11.2 Å². The van der Waals surface area contributed by atoms with Gasteiger partial charge >= 0.3 is 0 Å². The third-order valence-electron chi connectivity index (χ3n) is 1.96. The van der Waals surface area contributed by atoms with E-state index in [1.807, 2.05) is 0 Å². The predicted molar refractivity (Wildman–Crippen MR) is 49.9 cm³/mol. The summed E-state index contributed by atoms with van der Waals surface area (Å²) in [6.07, 6.45) is 0.144. The van der Waals surface area contributed by atoms with E-state index in [0.717, 1.165) is 12.1 Å². The molecule has 0 fully saturated rings. The Bertz CT molecular complexity index is 410. The molecule has 0 aliphatic carbocycles. The van der Waals surface area contributed by atoms with Gasteiger partial charge in [0.05, 0.1) is 12.5 Å². The fraction of sp³-hybridized carbons (Fsp3) is 0.273. The SMILES string of the molecule is N#CCC(=O)CCc1ccc(F)cc1F. The summed E-state index contributed by atoms with van der Waals surface area (Å²) < 4.78 is 25.6. The topological polar surface area (TPSA) is 40.9 Å². The van der Waals surface area contributed by atoms with Crippen molar-refractivity contribution in [3.8, 4) is 6.07 Å². The molecule has 0 saturated carbocycles. The Morgan fingerprint density at radius 1 is 1.40 bits per heavy atom. The van der Waals surface area contributed by atoms with Crippen LogP contribution >= 0.6 is 0 Å². The summed E-state index contributed by atoms with van der Waals surface area (Å²) in [6.45, 7) is 0. The monoisotopic (exact) mass is 209 g/mol. The number of halogens is 2. The highest BCUT2D eigenvalue weighted by molar-refractivity contribution is 5.80. The van der Waals surface area contributed by atoms with Gasteiger partial charge in [0.15, 0.2) is 0 Å². The van der Waals surface area contributed by atoms with Gasteiger partial charge in [-0.05, 0) is 18.1 Å². The predicted octanol–water partition coefficient (Wildman–Crippen LogP) is 2.38. The van der Waals surface area contributed by atoms with E-state index in [-0.39, 0.29) is 25.0 Å². The van der Waals surface area contributed by atoms with Crippen LogP contribution in [0.3, 0.4) is 0 Å². The lowest BCUT2D eigenvalue weighted by molar-refractivity contribution is -0.118. The van der Waals surface area contributed by atoms with Gasteiger partial charge in [0.1, 0.15) is 17.4 Å². The van der Waals surface area contributed by atoms with E-state index >= 15 is 0 Å². The molecule has 0 unspecified atom stereocenters. The van der Waals surface area contributed by atoms with Crippen molar-refractivity contribution in [3.63, 3.8) is 0 Å². The molecule has 2 nitrogen and oxygen atoms in total. The Kier molecular flexibility index (Phi) is 3.92. The molecular formula is C11H9F2NO. The molecule has 1 aromatic carbocycles. The lowest BCUT2D eigenvalue weighted by atomic mass is 10.1. The van der Waals surface area contributed by atoms with Crippen LogP contribution in [0.2, 0.25) is 0 Å². The molecule has 15 heavy (non-hydrogen) atoms. The minimum absolute atomic E-state index is 0.107. The molecule has 4 heteroatoms. The van der Waals surface area contributed by atoms with Gasteiger partial charge in [-0.3, -0.25) is 4.79 Å². The van der Waals surface area contributed by atoms with E-state index in [1.54, 1.807) is 6.07 Å². The van der Waals surface area contributed by atoms with Crippen LogP contribution in [0.5, 0.6) is 0 Å². The Balaban J connectivity index is 2.59. The molecule has 0 saturated heterocycles. The van der Waals surface area contributed by atoms with Crippen molar-refractivity contribution in [1.82, 2.24) is 0 Å². The highest BCUT2D eigenvalue weighted by Crippen LogP contribution is 2.11. The fourth-order valence-electron chi connectivity index (χ4n) is 1.18. The van der Waals surface area contributed by atoms with Crippen LogP contribution in [0.15, 0.2) is 18.2 Å². The summed E-state index contributed by atoms with van der Waals surface area (Å²) in [5.74, 6) is -1.53. The molecule has 1 aromatic rings. The summed E-state index contributed by atoms with van der Waals surface area (Å²) in [6, 6.07) is 4.96. The van der Waals surface area contributed by atoms with Gasteiger partial charge in [0, 0.05) is 12.5 Å². The lowest BCUT2D eigenvalue weighted by Gasteiger charge is -2.01. The highest BCUT2D eigenvalue weighted by atomic mass is 19.1. The minimum atomic E-state index is -0.653. The van der Waals surface area contributed by atoms with E-state index < -0.39 is 11.6 Å². The maximum Gasteiger partial charge on any atom is 0.147 e. The quantitative estimate of drug-likeness (QED) is 0.763. The number of hydrogen-bond donors (Lipinski definition) is 0. The molecule has 0 aromatic heterocycles. The smallest absolute Gasteiger partial charge is 0.147 e. The number of carbonyl (C=O) groups excluding carboxylic acids is 1. The second-order valence-electron chi connectivity index (χ2n) is 3.11. The number of nitriles is 1. The van der Waals surface area contributed by atoms with E-state index in [2.05, 4.69) is 0 Å². The molecule has 0 atom stereocenters. The van der Waals surface area contributed by atoms with E-state index in [4.69, 9.17) is 5.26 Å². The van der Waals surface area contributed by atoms with Crippen molar-refractivity contribution in [2.24, 2.45) is 0 Å². The van der Waals surface area contributed by atoms with Crippen LogP contribution in [0.4, 0.5) is 8.78 Å². The maximum absolute atomic E-state index is 13.1. The number of hydrogen-bond acceptors (Lipinski definition) is 2. The van der Waals surface area contributed by atoms with Gasteiger partial charge in [0.2, 0.25) is 0 Å². The Morgan fingerprint density at radius 2 is 2.13 bits per heavy atom. The summed E-state index contributed by atoms with van der Waals surface area (Å²) >= 11 is 0. The minimum Gasteiger partial charge on any atom is -0.299 e. The highest BCUT2D eigenvalue weighted by Gasteiger charge is 2.06. The first-order valence-corrected chi connectivity index (χ1v) is 4.46. The van der Waals surface area contributed by atoms with E-state index in [0.29, 0.717) is 5.56 Å². The maximum atomic E-state index is 13.1. The van der Waals surface area contributed by atoms with Crippen LogP contribution in [0, 0.1) is 23.0 Å². The molecule has 0 radical (unpaired) electrons. The van der Waals surface area contributed by atoms with Crippen molar-refractivity contribution in [2.45, 2.75) is 19.3 Å². The van der Waals surface area contributed by atoms with Crippen molar-refractivity contribution < 1.29 is 13.6 Å². The molecule has 0 heterocycles. The van der Waals surface area contributed by atoms with E-state index in [1.165, 1.54) is 6.07 Å². The summed E-state index contributed by atoms with van der Waals surface area (Å²) in [5, 5.41) is 8.23. The van der Waals surface area contributed by atoms with Crippen molar-refractivity contribution in [3.05, 3.63) is 35.4 Å². The van der Waals surface area contributed by atoms with Crippen LogP contribution < -0.4 is 0 Å². The number of carbonyl (C=O) groups is 1. The van der Waals surface area contributed by atoms with Gasteiger partial charge in [-0.15, -0.1) is 0 Å². The second kappa shape index (κ2) is 5.20. The van der Waals surface area contributed by atoms with E-state index in [9.17, 15) is 13.6 Å². The number of Topliss-reactive ketones (excluding diaryl/α,β-unsaturated/α-hetero) is 1. The molecule has 0 aliphatic rings. The normalized spacial score (nSPS) is 9.67. The molecule has 0 amide bonds. The zero-order valence-corrected chi connectivity index (χ0v) is 7.96. The molecular weight excluding hydrogens is 200 g/mol. The first-order valence-electron chi connectivity index (χ1n) is 4.46. The first kappa shape index (κ1) is 11.3. The van der Waals surface area contributed by atoms with Crippen molar-refractivity contribution in [2.75, 3.05) is 0 Å². The first-order chi connectivity index (χ1) is 7.13. The molecule has 1 rings (SSSR count). The van der Waals surface area contributed by atoms with Crippen LogP contribution in [0.25, 0.3) is 0 Å². The van der Waals surface area contributed by atoms with Crippen LogP contribution in [-0.4, -0.2) is 5.78 Å². The van der Waals surface area contributed by atoms with Crippen molar-refractivity contribution >= 4 is 5.78 Å². The van der Waals surface area contributed by atoms with Gasteiger partial charge in [-0.2, -0.15) is 5.26 Å². The average Bonchev–Trinajstić information content (AvgIpc) is 2.17. The standard InChI is InChI=1S/C11H9F2NO/c12-9-3-1-8(11(13)7-9)2-4-10(15)5-6-14/h1,3,7H,2,4-5H2. The Labute approximate surface area is 86.1 Å². The third kappa shape index (κ3) is 3.47. The van der Waals surface area contributed by atoms with Gasteiger partial charge in [-0.25, -0.2) is 8.78 Å². The van der Waals surface area contributed by atoms with Crippen LogP contribution in [0.1, 0.15) is 18.4 Å². The third-order valence-corrected chi connectivity index (χ3v) is 1.96. The summed E-state index contributed by atoms with van der Waals surface area (Å²) in [5.41, 5.74) is 0.294. The van der Waals surface area contributed by atoms with Gasteiger partial charge in [-0.1, -0.05) is 6.07 Å².